The van der Waals surface area contributed by atoms with Gasteiger partial charge in [-0.2, -0.15) is 8.78 Å². The van der Waals surface area contributed by atoms with Gasteiger partial charge in [-0.15, -0.1) is 0 Å². The summed E-state index contributed by atoms with van der Waals surface area (Å²) in [5.74, 6) is -1.71. The highest BCUT2D eigenvalue weighted by atomic mass is 35.5. The van der Waals surface area contributed by atoms with Gasteiger partial charge < -0.3 is 9.47 Å². The van der Waals surface area contributed by atoms with E-state index in [0.29, 0.717) is 42.2 Å². The van der Waals surface area contributed by atoms with Crippen LogP contribution in [0.3, 0.4) is 0 Å². The van der Waals surface area contributed by atoms with Crippen LogP contribution in [0.4, 0.5) is 20.4 Å². The Labute approximate surface area is 189 Å². The van der Waals surface area contributed by atoms with E-state index < -0.39 is 5.92 Å². The molecule has 1 aliphatic heterocycles. The molecule has 170 valence electrons. The van der Waals surface area contributed by atoms with E-state index in [1.807, 2.05) is 29.4 Å². The third kappa shape index (κ3) is 4.47. The average molecular weight is 451 g/mol. The van der Waals surface area contributed by atoms with Crippen LogP contribution >= 0.6 is 11.6 Å². The Kier molecular flexibility index (Phi) is 6.32. The summed E-state index contributed by atoms with van der Waals surface area (Å²) < 4.78 is 31.4. The number of benzene rings is 1. The third-order valence-corrected chi connectivity index (χ3v) is 6.99. The average Bonchev–Trinajstić information content (AvgIpc) is 3.02. The Balaban J connectivity index is 1.75. The predicted molar refractivity (Wildman–Crippen MR) is 123 cm³/mol. The van der Waals surface area contributed by atoms with Crippen LogP contribution in [-0.4, -0.2) is 34.1 Å². The number of imidazole rings is 1. The Morgan fingerprint density at radius 2 is 1.94 bits per heavy atom. The van der Waals surface area contributed by atoms with Gasteiger partial charge in [0, 0.05) is 33.1 Å². The van der Waals surface area contributed by atoms with Crippen molar-refractivity contribution >= 4 is 23.2 Å². The zero-order valence-electron chi connectivity index (χ0n) is 19.0. The SMILES string of the molecule is CCN(Cc1c(C(C)(F)F)nc2n1CCCN2c1c(C)cc(C)cc1Cl)CC1CCC1. The van der Waals surface area contributed by atoms with E-state index in [0.717, 1.165) is 43.2 Å². The van der Waals surface area contributed by atoms with Gasteiger partial charge in [0.25, 0.3) is 5.92 Å². The highest BCUT2D eigenvalue weighted by molar-refractivity contribution is 6.33. The Hall–Kier alpha value is -1.66. The third-order valence-electron chi connectivity index (χ3n) is 6.70. The molecule has 4 rings (SSSR count). The van der Waals surface area contributed by atoms with Gasteiger partial charge in [-0.1, -0.05) is 31.0 Å². The molecule has 1 aromatic heterocycles. The van der Waals surface area contributed by atoms with Crippen LogP contribution in [0.25, 0.3) is 0 Å². The minimum absolute atomic E-state index is 0.0950. The first-order chi connectivity index (χ1) is 14.7. The minimum Gasteiger partial charge on any atom is -0.312 e. The molecule has 2 aliphatic rings. The summed E-state index contributed by atoms with van der Waals surface area (Å²) in [6.07, 6.45) is 4.64. The number of aryl methyl sites for hydroxylation is 2. The first-order valence-corrected chi connectivity index (χ1v) is 11.8. The molecule has 0 amide bonds. The van der Waals surface area contributed by atoms with Gasteiger partial charge in [0.05, 0.1) is 16.4 Å². The number of hydrogen-bond acceptors (Lipinski definition) is 3. The smallest absolute Gasteiger partial charge is 0.288 e. The van der Waals surface area contributed by atoms with Gasteiger partial charge in [-0.3, -0.25) is 4.90 Å². The number of alkyl halides is 2. The van der Waals surface area contributed by atoms with E-state index in [1.54, 1.807) is 0 Å². The molecule has 0 N–H and O–H groups in total. The summed E-state index contributed by atoms with van der Waals surface area (Å²) in [5.41, 5.74) is 3.55. The molecule has 0 bridgehead atoms. The fourth-order valence-corrected chi connectivity index (χ4v) is 5.36. The zero-order chi connectivity index (χ0) is 22.3. The molecule has 0 saturated heterocycles. The van der Waals surface area contributed by atoms with E-state index in [2.05, 4.69) is 22.9 Å². The maximum absolute atomic E-state index is 14.7. The zero-order valence-corrected chi connectivity index (χ0v) is 19.8. The second-order valence-electron chi connectivity index (χ2n) is 9.29. The molecule has 1 fully saturated rings. The minimum atomic E-state index is -2.99. The van der Waals surface area contributed by atoms with Crippen molar-refractivity contribution in [2.24, 2.45) is 5.92 Å². The van der Waals surface area contributed by atoms with Crippen LogP contribution in [0.1, 0.15) is 62.0 Å². The molecule has 1 aliphatic carbocycles. The number of nitrogens with zero attached hydrogens (tertiary/aromatic N) is 4. The van der Waals surface area contributed by atoms with Gasteiger partial charge >= 0.3 is 0 Å². The van der Waals surface area contributed by atoms with Gasteiger partial charge in [0.15, 0.2) is 0 Å². The predicted octanol–water partition coefficient (Wildman–Crippen LogP) is 6.43. The lowest BCUT2D eigenvalue weighted by Gasteiger charge is -2.34. The van der Waals surface area contributed by atoms with Crippen LogP contribution in [0.2, 0.25) is 5.02 Å². The lowest BCUT2D eigenvalue weighted by atomic mass is 9.85. The van der Waals surface area contributed by atoms with Crippen LogP contribution in [-0.2, 0) is 19.0 Å². The molecular weight excluding hydrogens is 418 g/mol. The first kappa shape index (κ1) is 22.5. The number of fused-ring (bicyclic) bond motifs is 1. The fourth-order valence-electron chi connectivity index (χ4n) is 4.93. The summed E-state index contributed by atoms with van der Waals surface area (Å²) in [6.45, 7) is 10.8. The van der Waals surface area contributed by atoms with Gasteiger partial charge in [-0.05, 0) is 62.8 Å². The summed E-state index contributed by atoms with van der Waals surface area (Å²) in [4.78, 5) is 8.87. The quantitative estimate of drug-likeness (QED) is 0.485. The lowest BCUT2D eigenvalue weighted by molar-refractivity contribution is 0.0111. The largest absolute Gasteiger partial charge is 0.312 e. The highest BCUT2D eigenvalue weighted by Crippen LogP contribution is 2.41. The van der Waals surface area contributed by atoms with Gasteiger partial charge in [0.1, 0.15) is 5.69 Å². The van der Waals surface area contributed by atoms with Crippen LogP contribution in [0.5, 0.6) is 0 Å². The van der Waals surface area contributed by atoms with Crippen LogP contribution in [0, 0.1) is 19.8 Å². The molecule has 0 unspecified atom stereocenters. The van der Waals surface area contributed by atoms with Crippen LogP contribution < -0.4 is 4.90 Å². The molecule has 4 nitrogen and oxygen atoms in total. The topological polar surface area (TPSA) is 24.3 Å². The molecular formula is C24H33ClF2N4. The Morgan fingerprint density at radius 1 is 1.19 bits per heavy atom. The molecule has 0 atom stereocenters. The van der Waals surface area contributed by atoms with E-state index >= 15 is 0 Å². The second-order valence-corrected chi connectivity index (χ2v) is 9.70. The van der Waals surface area contributed by atoms with Crippen molar-refractivity contribution in [2.45, 2.75) is 72.4 Å². The molecule has 2 aromatic rings. The molecule has 1 aromatic carbocycles. The molecule has 31 heavy (non-hydrogen) atoms. The molecule has 1 saturated carbocycles. The van der Waals surface area contributed by atoms with Crippen molar-refractivity contribution < 1.29 is 8.78 Å². The first-order valence-electron chi connectivity index (χ1n) is 11.4. The van der Waals surface area contributed by atoms with Crippen molar-refractivity contribution in [3.05, 3.63) is 39.7 Å². The molecule has 2 heterocycles. The van der Waals surface area contributed by atoms with Crippen molar-refractivity contribution in [3.8, 4) is 0 Å². The highest BCUT2D eigenvalue weighted by Gasteiger charge is 2.37. The van der Waals surface area contributed by atoms with E-state index in [4.69, 9.17) is 11.6 Å². The van der Waals surface area contributed by atoms with Gasteiger partial charge in [0.2, 0.25) is 5.95 Å². The summed E-state index contributed by atoms with van der Waals surface area (Å²) in [7, 11) is 0. The van der Waals surface area contributed by atoms with Crippen molar-refractivity contribution in [2.75, 3.05) is 24.5 Å². The molecule has 0 radical (unpaired) electrons. The van der Waals surface area contributed by atoms with Gasteiger partial charge in [-0.25, -0.2) is 4.98 Å². The number of aromatic nitrogens is 2. The fraction of sp³-hybridized carbons (Fsp3) is 0.625. The lowest BCUT2D eigenvalue weighted by Crippen LogP contribution is -2.34. The number of hydrogen-bond donors (Lipinski definition) is 0. The van der Waals surface area contributed by atoms with E-state index in [9.17, 15) is 8.78 Å². The summed E-state index contributed by atoms with van der Waals surface area (Å²) >= 11 is 6.62. The summed E-state index contributed by atoms with van der Waals surface area (Å²) in [5, 5.41) is 0.639. The van der Waals surface area contributed by atoms with Crippen molar-refractivity contribution in [1.82, 2.24) is 14.5 Å². The van der Waals surface area contributed by atoms with Crippen molar-refractivity contribution in [1.29, 1.82) is 0 Å². The summed E-state index contributed by atoms with van der Waals surface area (Å²) in [6, 6.07) is 4.01. The standard InChI is InChI=1S/C24H33ClF2N4/c1-5-29(14-18-8-6-9-18)15-20-22(24(4,26)27)28-23-30(20)10-7-11-31(23)21-17(3)12-16(2)13-19(21)25/h12-13,18H,5-11,14-15H2,1-4H3. The van der Waals surface area contributed by atoms with E-state index in [1.165, 1.54) is 19.3 Å². The van der Waals surface area contributed by atoms with Crippen molar-refractivity contribution in [3.63, 3.8) is 0 Å². The van der Waals surface area contributed by atoms with Crippen LogP contribution in [0.15, 0.2) is 12.1 Å². The second kappa shape index (κ2) is 8.70. The Bertz CT molecular complexity index is 923. The monoisotopic (exact) mass is 450 g/mol. The number of rotatable bonds is 7. The maximum Gasteiger partial charge on any atom is 0.288 e. The number of anilines is 2. The van der Waals surface area contributed by atoms with E-state index in [-0.39, 0.29) is 5.69 Å². The number of halogens is 3. The maximum atomic E-state index is 14.7. The molecule has 0 spiro atoms. The normalized spacial score (nSPS) is 17.2. The Morgan fingerprint density at radius 3 is 2.52 bits per heavy atom. The molecule has 7 heteroatoms.